The van der Waals surface area contributed by atoms with Gasteiger partial charge < -0.3 is 5.73 Å². The van der Waals surface area contributed by atoms with E-state index in [-0.39, 0.29) is 17.0 Å². The molecule has 1 fully saturated rings. The highest BCUT2D eigenvalue weighted by Gasteiger charge is 2.33. The largest absolute Gasteiger partial charge is 0.327 e. The molecule has 5 heteroatoms. The van der Waals surface area contributed by atoms with E-state index in [1.54, 1.807) is 0 Å². The van der Waals surface area contributed by atoms with Crippen molar-refractivity contribution in [2.24, 2.45) is 11.1 Å². The highest BCUT2D eigenvalue weighted by atomic mass is 127. The summed E-state index contributed by atoms with van der Waals surface area (Å²) in [7, 11) is 0. The van der Waals surface area contributed by atoms with Gasteiger partial charge in [0.05, 0.1) is 0 Å². The molecule has 0 saturated carbocycles. The first-order valence-electron chi connectivity index (χ1n) is 6.41. The second kappa shape index (κ2) is 5.61. The Hall–Kier alpha value is -0.270. The van der Waals surface area contributed by atoms with Crippen molar-refractivity contribution in [1.29, 1.82) is 0 Å². The third kappa shape index (κ3) is 3.25. The summed E-state index contributed by atoms with van der Waals surface area (Å²) in [5.74, 6) is -0.904. The van der Waals surface area contributed by atoms with Crippen LogP contribution < -0.4 is 5.73 Å². The summed E-state index contributed by atoms with van der Waals surface area (Å²) in [5.41, 5.74) is 6.22. The van der Waals surface area contributed by atoms with E-state index in [2.05, 4.69) is 18.7 Å². The van der Waals surface area contributed by atoms with Crippen LogP contribution in [0.25, 0.3) is 0 Å². The smallest absolute Gasteiger partial charge is 0.143 e. The Kier molecular flexibility index (Phi) is 4.47. The summed E-state index contributed by atoms with van der Waals surface area (Å²) in [6.07, 6.45) is 0.861. The van der Waals surface area contributed by atoms with Gasteiger partial charge in [-0.25, -0.2) is 8.78 Å². The molecular formula is C14H19F2IN2. The number of likely N-dealkylation sites (tertiary alicyclic amines) is 1. The SMILES string of the molecule is CC1(C)CN(Cc2c(F)ccc(I)c2F)CCC1N. The molecule has 2 rings (SSSR count). The highest BCUT2D eigenvalue weighted by molar-refractivity contribution is 14.1. The van der Waals surface area contributed by atoms with E-state index in [4.69, 9.17) is 5.73 Å². The van der Waals surface area contributed by atoms with Gasteiger partial charge in [-0.3, -0.25) is 4.90 Å². The van der Waals surface area contributed by atoms with Gasteiger partial charge >= 0.3 is 0 Å². The van der Waals surface area contributed by atoms with Gasteiger partial charge in [0, 0.05) is 34.8 Å². The molecule has 19 heavy (non-hydrogen) atoms. The molecule has 0 aliphatic carbocycles. The summed E-state index contributed by atoms with van der Waals surface area (Å²) >= 11 is 1.89. The van der Waals surface area contributed by atoms with Crippen molar-refractivity contribution >= 4 is 22.6 Å². The fraction of sp³-hybridized carbons (Fsp3) is 0.571. The maximum absolute atomic E-state index is 14.0. The fourth-order valence-corrected chi connectivity index (χ4v) is 3.06. The summed E-state index contributed by atoms with van der Waals surface area (Å²) in [4.78, 5) is 2.08. The lowest BCUT2D eigenvalue weighted by Gasteiger charge is -2.42. The lowest BCUT2D eigenvalue weighted by molar-refractivity contribution is 0.0880. The molecule has 0 bridgehead atoms. The van der Waals surface area contributed by atoms with Crippen molar-refractivity contribution in [1.82, 2.24) is 4.90 Å². The minimum Gasteiger partial charge on any atom is -0.327 e. The number of nitrogens with two attached hydrogens (primary N) is 1. The molecule has 0 aromatic heterocycles. The molecule has 1 aliphatic heterocycles. The molecule has 1 saturated heterocycles. The minimum absolute atomic E-state index is 0.0207. The van der Waals surface area contributed by atoms with E-state index in [0.717, 1.165) is 19.5 Å². The fourth-order valence-electron chi connectivity index (χ4n) is 2.56. The van der Waals surface area contributed by atoms with Gasteiger partial charge in [-0.1, -0.05) is 13.8 Å². The first-order valence-corrected chi connectivity index (χ1v) is 7.49. The molecule has 2 nitrogen and oxygen atoms in total. The summed E-state index contributed by atoms with van der Waals surface area (Å²) < 4.78 is 28.2. The minimum atomic E-state index is -0.467. The van der Waals surface area contributed by atoms with Crippen LogP contribution >= 0.6 is 22.6 Å². The van der Waals surface area contributed by atoms with Crippen LogP contribution in [0.5, 0.6) is 0 Å². The number of piperidine rings is 1. The van der Waals surface area contributed by atoms with Crippen LogP contribution in [0.2, 0.25) is 0 Å². The van der Waals surface area contributed by atoms with Crippen molar-refractivity contribution in [2.75, 3.05) is 13.1 Å². The van der Waals surface area contributed by atoms with E-state index in [1.807, 2.05) is 22.6 Å². The standard InChI is InChI=1S/C14H19F2IN2/c1-14(2)8-19(6-5-12(14)18)7-9-10(15)3-4-11(17)13(9)16/h3-4,12H,5-8,18H2,1-2H3. The molecule has 1 aliphatic rings. The van der Waals surface area contributed by atoms with Crippen molar-refractivity contribution in [2.45, 2.75) is 32.9 Å². The zero-order valence-electron chi connectivity index (χ0n) is 11.2. The van der Waals surface area contributed by atoms with Gasteiger partial charge in [-0.15, -0.1) is 0 Å². The first kappa shape index (κ1) is 15.1. The Morgan fingerprint density at radius 2 is 2.11 bits per heavy atom. The summed E-state index contributed by atoms with van der Waals surface area (Å²) in [6, 6.07) is 2.94. The molecule has 1 atom stereocenters. The van der Waals surface area contributed by atoms with E-state index >= 15 is 0 Å². The van der Waals surface area contributed by atoms with Crippen LogP contribution in [0.3, 0.4) is 0 Å². The van der Waals surface area contributed by atoms with Crippen LogP contribution in [0.15, 0.2) is 12.1 Å². The molecule has 1 unspecified atom stereocenters. The summed E-state index contributed by atoms with van der Waals surface area (Å²) in [6.45, 7) is 6.06. The predicted molar refractivity (Wildman–Crippen MR) is 80.7 cm³/mol. The van der Waals surface area contributed by atoms with E-state index in [9.17, 15) is 8.78 Å². The molecule has 1 aromatic carbocycles. The zero-order chi connectivity index (χ0) is 14.2. The van der Waals surface area contributed by atoms with Crippen LogP contribution in [-0.2, 0) is 6.54 Å². The van der Waals surface area contributed by atoms with Gasteiger partial charge in [-0.05, 0) is 46.6 Å². The number of hydrogen-bond acceptors (Lipinski definition) is 2. The molecule has 106 valence electrons. The van der Waals surface area contributed by atoms with Gasteiger partial charge in [0.25, 0.3) is 0 Å². The topological polar surface area (TPSA) is 29.3 Å². The highest BCUT2D eigenvalue weighted by Crippen LogP contribution is 2.29. The second-order valence-corrected chi connectivity index (χ2v) is 7.08. The molecule has 0 radical (unpaired) electrons. The van der Waals surface area contributed by atoms with E-state index in [1.165, 1.54) is 12.1 Å². The Bertz CT molecular complexity index is 477. The molecule has 1 aromatic rings. The third-order valence-electron chi connectivity index (χ3n) is 3.91. The number of nitrogens with zero attached hydrogens (tertiary/aromatic N) is 1. The predicted octanol–water partition coefficient (Wildman–Crippen LogP) is 3.13. The third-order valence-corrected chi connectivity index (χ3v) is 4.74. The van der Waals surface area contributed by atoms with Crippen LogP contribution in [0, 0.1) is 20.6 Å². The maximum Gasteiger partial charge on any atom is 0.143 e. The Labute approximate surface area is 126 Å². The van der Waals surface area contributed by atoms with Crippen molar-refractivity contribution in [3.63, 3.8) is 0 Å². The van der Waals surface area contributed by atoms with Crippen LogP contribution in [-0.4, -0.2) is 24.0 Å². The quantitative estimate of drug-likeness (QED) is 0.631. The normalized spacial score (nSPS) is 23.6. The second-order valence-electron chi connectivity index (χ2n) is 5.92. The zero-order valence-corrected chi connectivity index (χ0v) is 13.4. The van der Waals surface area contributed by atoms with E-state index in [0.29, 0.717) is 10.1 Å². The van der Waals surface area contributed by atoms with Crippen molar-refractivity contribution < 1.29 is 8.78 Å². The Morgan fingerprint density at radius 1 is 1.42 bits per heavy atom. The Morgan fingerprint density at radius 3 is 2.74 bits per heavy atom. The lowest BCUT2D eigenvalue weighted by Crippen LogP contribution is -2.52. The lowest BCUT2D eigenvalue weighted by atomic mass is 9.79. The van der Waals surface area contributed by atoms with Gasteiger partial charge in [0.1, 0.15) is 11.6 Å². The average Bonchev–Trinajstić information content (AvgIpc) is 2.34. The Balaban J connectivity index is 2.17. The molecule has 2 N–H and O–H groups in total. The monoisotopic (exact) mass is 380 g/mol. The molecule has 0 amide bonds. The molecular weight excluding hydrogens is 361 g/mol. The number of benzene rings is 1. The first-order chi connectivity index (χ1) is 8.81. The van der Waals surface area contributed by atoms with Gasteiger partial charge in [-0.2, -0.15) is 0 Å². The number of rotatable bonds is 2. The maximum atomic E-state index is 14.0. The average molecular weight is 380 g/mol. The summed E-state index contributed by atoms with van der Waals surface area (Å²) in [5, 5.41) is 0. The van der Waals surface area contributed by atoms with E-state index < -0.39 is 11.6 Å². The molecule has 1 heterocycles. The van der Waals surface area contributed by atoms with Crippen molar-refractivity contribution in [3.8, 4) is 0 Å². The van der Waals surface area contributed by atoms with Crippen LogP contribution in [0.4, 0.5) is 8.78 Å². The molecule has 0 spiro atoms. The van der Waals surface area contributed by atoms with Crippen molar-refractivity contribution in [3.05, 3.63) is 32.9 Å². The van der Waals surface area contributed by atoms with Gasteiger partial charge in [0.15, 0.2) is 0 Å². The number of hydrogen-bond donors (Lipinski definition) is 1. The van der Waals surface area contributed by atoms with Crippen LogP contribution in [0.1, 0.15) is 25.8 Å². The number of halogens is 3. The van der Waals surface area contributed by atoms with Gasteiger partial charge in [0.2, 0.25) is 0 Å².